The van der Waals surface area contributed by atoms with Crippen molar-refractivity contribution in [1.82, 2.24) is 25.2 Å². The van der Waals surface area contributed by atoms with Gasteiger partial charge in [-0.1, -0.05) is 72.4 Å². The van der Waals surface area contributed by atoms with Crippen molar-refractivity contribution >= 4 is 58.2 Å². The highest BCUT2D eigenvalue weighted by atomic mass is 32.2. The van der Waals surface area contributed by atoms with Crippen LogP contribution in [0.15, 0.2) is 88.7 Å². The minimum atomic E-state index is -0.724. The van der Waals surface area contributed by atoms with E-state index < -0.39 is 23.5 Å². The molecule has 0 radical (unpaired) electrons. The molecule has 12 heteroatoms. The van der Waals surface area contributed by atoms with E-state index in [9.17, 15) is 14.4 Å². The number of aromatic amines is 1. The Morgan fingerprint density at radius 1 is 1.10 bits per heavy atom. The Morgan fingerprint density at radius 3 is 2.42 bits per heavy atom. The summed E-state index contributed by atoms with van der Waals surface area (Å²) in [5.74, 6) is -0.669. The normalized spacial score (nSPS) is 18.4. The number of hydrogen-bond donors (Lipinski definition) is 3. The maximum atomic E-state index is 14.0. The van der Waals surface area contributed by atoms with Crippen molar-refractivity contribution in [3.05, 3.63) is 94.7 Å². The van der Waals surface area contributed by atoms with Gasteiger partial charge in [0, 0.05) is 23.8 Å². The molecule has 6 rings (SSSR count). The van der Waals surface area contributed by atoms with Gasteiger partial charge in [-0.15, -0.1) is 11.8 Å². The molecule has 4 N–H and O–H groups in total. The fourth-order valence-electron chi connectivity index (χ4n) is 4.72. The molecule has 202 valence electrons. The maximum absolute atomic E-state index is 14.0. The lowest BCUT2D eigenvalue weighted by atomic mass is 10.0. The zero-order valence-corrected chi connectivity index (χ0v) is 22.9. The number of anilines is 1. The van der Waals surface area contributed by atoms with Gasteiger partial charge in [-0.2, -0.15) is 0 Å². The first-order chi connectivity index (χ1) is 19.4. The van der Waals surface area contributed by atoms with Crippen molar-refractivity contribution in [3.63, 3.8) is 0 Å². The van der Waals surface area contributed by atoms with Crippen LogP contribution in [0.5, 0.6) is 0 Å². The number of ether oxygens (including phenoxy) is 1. The molecule has 2 aromatic carbocycles. The van der Waals surface area contributed by atoms with E-state index in [0.29, 0.717) is 32.7 Å². The molecule has 4 heterocycles. The van der Waals surface area contributed by atoms with Crippen LogP contribution >= 0.6 is 23.5 Å². The second-order valence-electron chi connectivity index (χ2n) is 9.20. The fourth-order valence-corrected chi connectivity index (χ4v) is 7.14. The Bertz CT molecular complexity index is 1600. The predicted molar refractivity (Wildman–Crippen MR) is 153 cm³/mol. The number of nitrogens with zero attached hydrogens (tertiary/aromatic N) is 3. The number of rotatable bonds is 7. The molecule has 0 spiro atoms. The van der Waals surface area contributed by atoms with E-state index in [2.05, 4.69) is 20.3 Å². The second-order valence-corrected chi connectivity index (χ2v) is 11.4. The molecule has 1 fully saturated rings. The summed E-state index contributed by atoms with van der Waals surface area (Å²) in [4.78, 5) is 52.9. The summed E-state index contributed by atoms with van der Waals surface area (Å²) in [6.07, 6.45) is 1.02. The zero-order chi connectivity index (χ0) is 27.8. The largest absolute Gasteiger partial charge is 0.448 e. The molecule has 1 unspecified atom stereocenters. The third-order valence-electron chi connectivity index (χ3n) is 6.55. The Balaban J connectivity index is 1.39. The number of aromatic nitrogens is 3. The SMILES string of the molecule is CC(=O)NC1C(=O)N2C(C(=O)OC(c3ccccc3)c3ccccc3)=C(Sc3nc(N)c4cc[nH]c4n3)CS[C@H]12. The average molecular weight is 573 g/mol. The van der Waals surface area contributed by atoms with E-state index in [4.69, 9.17) is 10.5 Å². The Kier molecular flexibility index (Phi) is 6.95. The summed E-state index contributed by atoms with van der Waals surface area (Å²) in [6, 6.07) is 19.9. The third kappa shape index (κ3) is 4.80. The average Bonchev–Trinajstić information content (AvgIpc) is 3.44. The number of carbonyl (C=O) groups excluding carboxylic acids is 3. The topological polar surface area (TPSA) is 143 Å². The summed E-state index contributed by atoms with van der Waals surface area (Å²) in [5, 5.41) is 3.28. The lowest BCUT2D eigenvalue weighted by Crippen LogP contribution is -2.70. The molecule has 2 aliphatic heterocycles. The molecule has 2 atom stereocenters. The van der Waals surface area contributed by atoms with Gasteiger partial charge in [0.25, 0.3) is 5.91 Å². The Hall–Kier alpha value is -4.29. The molecule has 4 aromatic rings. The molecule has 1 saturated heterocycles. The van der Waals surface area contributed by atoms with Crippen molar-refractivity contribution in [2.75, 3.05) is 11.5 Å². The number of thioether (sulfide) groups is 2. The number of nitrogens with two attached hydrogens (primary N) is 1. The Morgan fingerprint density at radius 2 is 1.77 bits per heavy atom. The van der Waals surface area contributed by atoms with Crippen LogP contribution in [0.1, 0.15) is 24.2 Å². The van der Waals surface area contributed by atoms with Crippen LogP contribution in [0.25, 0.3) is 11.0 Å². The molecule has 40 heavy (non-hydrogen) atoms. The van der Waals surface area contributed by atoms with E-state index in [-0.39, 0.29) is 17.5 Å². The molecule has 10 nitrogen and oxygen atoms in total. The van der Waals surface area contributed by atoms with E-state index in [1.165, 1.54) is 23.6 Å². The highest BCUT2D eigenvalue weighted by Gasteiger charge is 2.54. The number of nitrogen functional groups attached to an aromatic ring is 1. The van der Waals surface area contributed by atoms with Crippen LogP contribution in [0.3, 0.4) is 0 Å². The number of nitrogens with one attached hydrogen (secondary N) is 2. The van der Waals surface area contributed by atoms with Crippen LogP contribution in [0, 0.1) is 0 Å². The molecule has 2 aromatic heterocycles. The molecule has 0 saturated carbocycles. The number of fused-ring (bicyclic) bond motifs is 2. The Labute approximate surface area is 237 Å². The van der Waals surface area contributed by atoms with E-state index in [1.807, 2.05) is 60.7 Å². The first-order valence-electron chi connectivity index (χ1n) is 12.4. The number of amides is 2. The minimum Gasteiger partial charge on any atom is -0.448 e. The number of H-pyrrole nitrogens is 1. The molecule has 0 aliphatic carbocycles. The van der Waals surface area contributed by atoms with Crippen LogP contribution in [0.4, 0.5) is 5.82 Å². The molecule has 2 amide bonds. The quantitative estimate of drug-likeness (QED) is 0.172. The molecule has 2 aliphatic rings. The van der Waals surface area contributed by atoms with Gasteiger partial charge in [0.05, 0.1) is 5.39 Å². The van der Waals surface area contributed by atoms with E-state index in [0.717, 1.165) is 22.9 Å². The van der Waals surface area contributed by atoms with Crippen LogP contribution < -0.4 is 11.1 Å². The number of carbonyl (C=O) groups is 3. The highest BCUT2D eigenvalue weighted by Crippen LogP contribution is 2.45. The summed E-state index contributed by atoms with van der Waals surface area (Å²) >= 11 is 2.61. The molecular formula is C28H24N6O4S2. The van der Waals surface area contributed by atoms with E-state index in [1.54, 1.807) is 12.3 Å². The zero-order valence-electron chi connectivity index (χ0n) is 21.2. The lowest BCUT2D eigenvalue weighted by Gasteiger charge is -2.49. The van der Waals surface area contributed by atoms with Crippen LogP contribution in [0.2, 0.25) is 0 Å². The summed E-state index contributed by atoms with van der Waals surface area (Å²) in [6.45, 7) is 1.36. The first-order valence-corrected chi connectivity index (χ1v) is 14.3. The van der Waals surface area contributed by atoms with Crippen molar-refractivity contribution < 1.29 is 19.1 Å². The summed E-state index contributed by atoms with van der Waals surface area (Å²) < 4.78 is 6.16. The van der Waals surface area contributed by atoms with Gasteiger partial charge in [-0.25, -0.2) is 14.8 Å². The fraction of sp³-hybridized carbons (Fsp3) is 0.179. The summed E-state index contributed by atoms with van der Waals surface area (Å²) in [7, 11) is 0. The van der Waals surface area contributed by atoms with Gasteiger partial charge in [0.2, 0.25) is 5.91 Å². The van der Waals surface area contributed by atoms with Crippen LogP contribution in [-0.4, -0.2) is 54.8 Å². The first kappa shape index (κ1) is 26.0. The summed E-state index contributed by atoms with van der Waals surface area (Å²) in [5.41, 5.74) is 8.41. The van der Waals surface area contributed by atoms with Gasteiger partial charge in [-0.3, -0.25) is 14.5 Å². The number of hydrogen-bond acceptors (Lipinski definition) is 9. The van der Waals surface area contributed by atoms with Crippen molar-refractivity contribution in [2.45, 2.75) is 29.6 Å². The van der Waals surface area contributed by atoms with Gasteiger partial charge >= 0.3 is 5.97 Å². The predicted octanol–water partition coefficient (Wildman–Crippen LogP) is 3.60. The van der Waals surface area contributed by atoms with Gasteiger partial charge < -0.3 is 20.8 Å². The number of benzene rings is 2. The van der Waals surface area contributed by atoms with Gasteiger partial charge in [0.1, 0.15) is 28.6 Å². The van der Waals surface area contributed by atoms with Crippen molar-refractivity contribution in [2.24, 2.45) is 0 Å². The standard InChI is InChI=1S/C28H24N6O4S2/c1-15(35)31-20-25(36)34-21(27(37)38-22(16-8-4-2-5-9-16)17-10-6-3-7-11-17)19(14-39-26(20)34)40-28-32-23(29)18-12-13-30-24(18)33-28/h2-13,20,22,26H,14H2,1H3,(H,31,35)(H3,29,30,32,33)/t20?,26-/m1/s1. The molecule has 0 bridgehead atoms. The van der Waals surface area contributed by atoms with Crippen molar-refractivity contribution in [1.29, 1.82) is 0 Å². The monoisotopic (exact) mass is 572 g/mol. The van der Waals surface area contributed by atoms with E-state index >= 15 is 0 Å². The second kappa shape index (κ2) is 10.7. The van der Waals surface area contributed by atoms with Gasteiger partial charge in [0.15, 0.2) is 11.3 Å². The highest BCUT2D eigenvalue weighted by molar-refractivity contribution is 8.06. The van der Waals surface area contributed by atoms with Crippen LogP contribution in [-0.2, 0) is 19.1 Å². The maximum Gasteiger partial charge on any atom is 0.356 e. The molecular weight excluding hydrogens is 548 g/mol. The lowest BCUT2D eigenvalue weighted by molar-refractivity contribution is -0.154. The minimum absolute atomic E-state index is 0.117. The third-order valence-corrected chi connectivity index (χ3v) is 8.97. The van der Waals surface area contributed by atoms with Gasteiger partial charge in [-0.05, 0) is 17.2 Å². The number of β-lactam (4-membered cyclic amide) rings is 1. The number of esters is 1. The van der Waals surface area contributed by atoms with Crippen molar-refractivity contribution in [3.8, 4) is 0 Å². The smallest absolute Gasteiger partial charge is 0.356 e.